The third kappa shape index (κ3) is 5.83. The summed E-state index contributed by atoms with van der Waals surface area (Å²) in [7, 11) is 1.54. The minimum atomic E-state index is -0.371. The predicted octanol–water partition coefficient (Wildman–Crippen LogP) is 3.97. The Balaban J connectivity index is 2.36. The summed E-state index contributed by atoms with van der Waals surface area (Å²) in [6.07, 6.45) is 0. The van der Waals surface area contributed by atoms with Gasteiger partial charge in [-0.2, -0.15) is 0 Å². The molecule has 0 aliphatic carbocycles. The van der Waals surface area contributed by atoms with Crippen molar-refractivity contribution >= 4 is 23.7 Å². The van der Waals surface area contributed by atoms with Gasteiger partial charge < -0.3 is 14.2 Å². The molecule has 2 rings (SSSR count). The fourth-order valence-electron chi connectivity index (χ4n) is 2.24. The number of carbonyl (C=O) groups excluding carboxylic acids is 2. The smallest absolute Gasteiger partial charge is 0.302 e. The van der Waals surface area contributed by atoms with Gasteiger partial charge in [-0.25, -0.2) is 0 Å². The first-order chi connectivity index (χ1) is 12.0. The van der Waals surface area contributed by atoms with Crippen molar-refractivity contribution in [3.63, 3.8) is 0 Å². The summed E-state index contributed by atoms with van der Waals surface area (Å²) in [5.41, 5.74) is 1.45. The molecular weight excluding hydrogens is 340 g/mol. The second-order valence-corrected chi connectivity index (χ2v) is 6.40. The van der Waals surface area contributed by atoms with E-state index in [1.165, 1.54) is 21.0 Å². The van der Waals surface area contributed by atoms with Crippen LogP contribution in [0.15, 0.2) is 52.3 Å². The number of hydrogen-bond acceptors (Lipinski definition) is 6. The molecular formula is C19H20O5S. The molecule has 0 saturated heterocycles. The standard InChI is InChI=1S/C19H20O5S/c1-13(20)23-11-15-9-18(25-17-7-5-4-6-8-17)10-16(19(15)22-3)12-24-14(2)21/h4-10H,11-12H2,1-3H3. The van der Waals surface area contributed by atoms with E-state index in [2.05, 4.69) is 0 Å². The van der Waals surface area contributed by atoms with Gasteiger partial charge in [-0.15, -0.1) is 0 Å². The van der Waals surface area contributed by atoms with Crippen LogP contribution in [0, 0.1) is 0 Å². The van der Waals surface area contributed by atoms with E-state index in [0.717, 1.165) is 20.9 Å². The maximum Gasteiger partial charge on any atom is 0.302 e. The van der Waals surface area contributed by atoms with E-state index >= 15 is 0 Å². The molecule has 132 valence electrons. The second kappa shape index (κ2) is 9.13. The topological polar surface area (TPSA) is 61.8 Å². The van der Waals surface area contributed by atoms with Gasteiger partial charge in [0.25, 0.3) is 0 Å². The van der Waals surface area contributed by atoms with Crippen molar-refractivity contribution in [2.24, 2.45) is 0 Å². The third-order valence-electron chi connectivity index (χ3n) is 3.26. The van der Waals surface area contributed by atoms with E-state index in [1.807, 2.05) is 42.5 Å². The zero-order valence-electron chi connectivity index (χ0n) is 14.4. The number of esters is 2. The van der Waals surface area contributed by atoms with Gasteiger partial charge in [-0.3, -0.25) is 9.59 Å². The van der Waals surface area contributed by atoms with E-state index in [1.54, 1.807) is 11.8 Å². The van der Waals surface area contributed by atoms with E-state index in [4.69, 9.17) is 14.2 Å². The lowest BCUT2D eigenvalue weighted by atomic mass is 10.1. The number of methoxy groups -OCH3 is 1. The van der Waals surface area contributed by atoms with Gasteiger partial charge in [0.1, 0.15) is 19.0 Å². The minimum absolute atomic E-state index is 0.0920. The first kappa shape index (κ1) is 18.9. The molecule has 0 bridgehead atoms. The Labute approximate surface area is 151 Å². The van der Waals surface area contributed by atoms with Crippen LogP contribution in [0.25, 0.3) is 0 Å². The average molecular weight is 360 g/mol. The fourth-order valence-corrected chi connectivity index (χ4v) is 3.21. The highest BCUT2D eigenvalue weighted by atomic mass is 32.2. The average Bonchev–Trinajstić information content (AvgIpc) is 2.58. The number of benzene rings is 2. The Kier molecular flexibility index (Phi) is 6.89. The summed E-state index contributed by atoms with van der Waals surface area (Å²) in [6, 6.07) is 13.7. The van der Waals surface area contributed by atoms with Crippen molar-refractivity contribution in [2.45, 2.75) is 36.9 Å². The van der Waals surface area contributed by atoms with E-state index in [0.29, 0.717) is 5.75 Å². The summed E-state index contributed by atoms with van der Waals surface area (Å²) in [5, 5.41) is 0. The molecule has 0 saturated carbocycles. The maximum atomic E-state index is 11.2. The Morgan fingerprint density at radius 2 is 1.40 bits per heavy atom. The van der Waals surface area contributed by atoms with Crippen LogP contribution in [0.5, 0.6) is 5.75 Å². The van der Waals surface area contributed by atoms with Gasteiger partial charge in [0, 0.05) is 34.8 Å². The van der Waals surface area contributed by atoms with Crippen LogP contribution in [0.4, 0.5) is 0 Å². The fraction of sp³-hybridized carbons (Fsp3) is 0.263. The van der Waals surface area contributed by atoms with Crippen molar-refractivity contribution in [1.82, 2.24) is 0 Å². The summed E-state index contributed by atoms with van der Waals surface area (Å²) in [5.74, 6) is -0.186. The zero-order chi connectivity index (χ0) is 18.2. The van der Waals surface area contributed by atoms with Gasteiger partial charge >= 0.3 is 11.9 Å². The molecule has 2 aromatic rings. The Morgan fingerprint density at radius 1 is 0.880 bits per heavy atom. The van der Waals surface area contributed by atoms with Crippen molar-refractivity contribution < 1.29 is 23.8 Å². The number of carbonyl (C=O) groups is 2. The molecule has 0 heterocycles. The van der Waals surface area contributed by atoms with Gasteiger partial charge in [-0.05, 0) is 24.3 Å². The molecule has 25 heavy (non-hydrogen) atoms. The highest BCUT2D eigenvalue weighted by Gasteiger charge is 2.15. The molecule has 0 fully saturated rings. The molecule has 0 atom stereocenters. The first-order valence-corrected chi connectivity index (χ1v) is 8.50. The molecule has 0 spiro atoms. The van der Waals surface area contributed by atoms with Gasteiger partial charge in [0.05, 0.1) is 7.11 Å². The number of rotatable bonds is 7. The van der Waals surface area contributed by atoms with Crippen LogP contribution in [0.1, 0.15) is 25.0 Å². The van der Waals surface area contributed by atoms with Crippen molar-refractivity contribution in [2.75, 3.05) is 7.11 Å². The molecule has 0 aliphatic heterocycles. The summed E-state index contributed by atoms with van der Waals surface area (Å²) in [6.45, 7) is 2.90. The van der Waals surface area contributed by atoms with Crippen LogP contribution >= 0.6 is 11.8 Å². The van der Waals surface area contributed by atoms with Gasteiger partial charge in [0.15, 0.2) is 0 Å². The summed E-state index contributed by atoms with van der Waals surface area (Å²) >= 11 is 1.57. The first-order valence-electron chi connectivity index (χ1n) is 7.69. The monoisotopic (exact) mass is 360 g/mol. The highest BCUT2D eigenvalue weighted by molar-refractivity contribution is 7.99. The van der Waals surface area contributed by atoms with Crippen molar-refractivity contribution in [3.8, 4) is 5.75 Å². The Morgan fingerprint density at radius 3 is 1.84 bits per heavy atom. The minimum Gasteiger partial charge on any atom is -0.496 e. The van der Waals surface area contributed by atoms with Crippen LogP contribution in [0.3, 0.4) is 0 Å². The molecule has 0 N–H and O–H groups in total. The number of ether oxygens (including phenoxy) is 3. The lowest BCUT2D eigenvalue weighted by Crippen LogP contribution is -2.06. The third-order valence-corrected chi connectivity index (χ3v) is 4.24. The normalized spacial score (nSPS) is 10.2. The maximum absolute atomic E-state index is 11.2. The van der Waals surface area contributed by atoms with Crippen molar-refractivity contribution in [1.29, 1.82) is 0 Å². The van der Waals surface area contributed by atoms with Crippen LogP contribution in [0.2, 0.25) is 0 Å². The molecule has 0 amide bonds. The SMILES string of the molecule is COc1c(COC(C)=O)cc(Sc2ccccc2)cc1COC(C)=O. The van der Waals surface area contributed by atoms with Crippen LogP contribution in [-0.4, -0.2) is 19.0 Å². The lowest BCUT2D eigenvalue weighted by Gasteiger charge is -2.16. The molecule has 0 aromatic heterocycles. The molecule has 2 aromatic carbocycles. The van der Waals surface area contributed by atoms with E-state index < -0.39 is 0 Å². The molecule has 5 nitrogen and oxygen atoms in total. The largest absolute Gasteiger partial charge is 0.496 e. The lowest BCUT2D eigenvalue weighted by molar-refractivity contribution is -0.142. The van der Waals surface area contributed by atoms with Gasteiger partial charge in [0.2, 0.25) is 0 Å². The van der Waals surface area contributed by atoms with Crippen molar-refractivity contribution in [3.05, 3.63) is 53.6 Å². The predicted molar refractivity (Wildman–Crippen MR) is 94.5 cm³/mol. The zero-order valence-corrected chi connectivity index (χ0v) is 15.2. The van der Waals surface area contributed by atoms with Gasteiger partial charge in [-0.1, -0.05) is 30.0 Å². The number of hydrogen-bond donors (Lipinski definition) is 0. The van der Waals surface area contributed by atoms with Crippen LogP contribution < -0.4 is 4.74 Å². The van der Waals surface area contributed by atoms with E-state index in [-0.39, 0.29) is 25.2 Å². The Bertz CT molecular complexity index is 704. The summed E-state index contributed by atoms with van der Waals surface area (Å²) in [4.78, 5) is 24.3. The molecule has 6 heteroatoms. The quantitative estimate of drug-likeness (QED) is 0.696. The molecule has 0 aliphatic rings. The second-order valence-electron chi connectivity index (χ2n) is 5.25. The Hall–Kier alpha value is -2.47. The molecule has 0 unspecified atom stereocenters. The van der Waals surface area contributed by atoms with Crippen LogP contribution in [-0.2, 0) is 32.3 Å². The summed E-state index contributed by atoms with van der Waals surface area (Å²) < 4.78 is 15.7. The molecule has 0 radical (unpaired) electrons. The van der Waals surface area contributed by atoms with E-state index in [9.17, 15) is 9.59 Å². The highest BCUT2D eigenvalue weighted by Crippen LogP contribution is 2.35.